The van der Waals surface area contributed by atoms with Gasteiger partial charge < -0.3 is 19.6 Å². The lowest BCUT2D eigenvalue weighted by Crippen LogP contribution is -2.34. The molecule has 0 fully saturated rings. The fraction of sp³-hybridized carbons (Fsp3) is 0.500. The van der Waals surface area contributed by atoms with Crippen LogP contribution < -0.4 is 10.1 Å². The number of aromatic amines is 1. The van der Waals surface area contributed by atoms with Crippen molar-refractivity contribution in [2.75, 3.05) is 19.8 Å². The highest BCUT2D eigenvalue weighted by atomic mass is 16.5. The largest absolute Gasteiger partial charge is 0.494 e. The molecular weight excluding hydrogens is 348 g/mol. The minimum absolute atomic E-state index is 0.431. The monoisotopic (exact) mass is 376 g/mol. The van der Waals surface area contributed by atoms with Crippen molar-refractivity contribution in [3.63, 3.8) is 0 Å². The van der Waals surface area contributed by atoms with Crippen molar-refractivity contribution in [3.8, 4) is 5.75 Å². The number of rotatable bonds is 8. The van der Waals surface area contributed by atoms with Gasteiger partial charge in [0.15, 0.2) is 0 Å². The number of carbonyl (C=O) groups is 2. The number of aliphatic carboxylic acids is 1. The second-order valence-electron chi connectivity index (χ2n) is 6.31. The normalized spacial score (nSPS) is 15.4. The van der Waals surface area contributed by atoms with E-state index in [0.717, 1.165) is 47.4 Å². The standard InChI is InChI=1S/C17H22N2O3.C3H6O2/c1-2-3-4-9-22-11-5-6-14-13(10-11)12-7-8-18-16(17(20)21)15(12)19-14;1-2-5-3-4/h5-6,10,16,18-19H,2-4,7-9H2,1H3,(H,20,21);3H,2H2,1H3. The molecule has 7 heteroatoms. The first-order valence-electron chi connectivity index (χ1n) is 9.41. The summed E-state index contributed by atoms with van der Waals surface area (Å²) in [5.74, 6) is 0.0133. The molecule has 1 unspecified atom stereocenters. The van der Waals surface area contributed by atoms with E-state index in [1.807, 2.05) is 18.2 Å². The molecule has 0 saturated carbocycles. The van der Waals surface area contributed by atoms with Gasteiger partial charge in [0.05, 0.1) is 13.2 Å². The molecule has 27 heavy (non-hydrogen) atoms. The fourth-order valence-corrected chi connectivity index (χ4v) is 3.12. The van der Waals surface area contributed by atoms with Crippen LogP contribution in [0.3, 0.4) is 0 Å². The number of nitrogens with one attached hydrogen (secondary N) is 2. The van der Waals surface area contributed by atoms with Gasteiger partial charge in [-0.05, 0) is 43.5 Å². The van der Waals surface area contributed by atoms with E-state index in [0.29, 0.717) is 19.6 Å². The molecule has 1 aliphatic heterocycles. The van der Waals surface area contributed by atoms with Crippen molar-refractivity contribution in [1.29, 1.82) is 0 Å². The van der Waals surface area contributed by atoms with Gasteiger partial charge in [0.1, 0.15) is 11.8 Å². The highest BCUT2D eigenvalue weighted by Crippen LogP contribution is 2.32. The summed E-state index contributed by atoms with van der Waals surface area (Å²) in [6, 6.07) is 5.30. The van der Waals surface area contributed by atoms with Crippen molar-refractivity contribution in [2.24, 2.45) is 0 Å². The topological polar surface area (TPSA) is 101 Å². The molecule has 3 rings (SSSR count). The smallest absolute Gasteiger partial charge is 0.326 e. The number of benzene rings is 1. The van der Waals surface area contributed by atoms with E-state index >= 15 is 0 Å². The zero-order valence-electron chi connectivity index (χ0n) is 15.9. The van der Waals surface area contributed by atoms with Crippen molar-refractivity contribution in [3.05, 3.63) is 29.5 Å². The van der Waals surface area contributed by atoms with E-state index in [1.54, 1.807) is 6.92 Å². The highest BCUT2D eigenvalue weighted by Gasteiger charge is 2.28. The molecule has 1 aliphatic rings. The average Bonchev–Trinajstić information content (AvgIpc) is 3.04. The van der Waals surface area contributed by atoms with Crippen LogP contribution in [0.15, 0.2) is 18.2 Å². The van der Waals surface area contributed by atoms with Crippen molar-refractivity contribution in [2.45, 2.75) is 45.6 Å². The first-order chi connectivity index (χ1) is 13.1. The lowest BCUT2D eigenvalue weighted by Gasteiger charge is -2.20. The van der Waals surface area contributed by atoms with Gasteiger partial charge in [-0.25, -0.2) is 0 Å². The van der Waals surface area contributed by atoms with Gasteiger partial charge in [0.25, 0.3) is 6.47 Å². The fourth-order valence-electron chi connectivity index (χ4n) is 3.12. The molecule has 1 aromatic heterocycles. The summed E-state index contributed by atoms with van der Waals surface area (Å²) in [5.41, 5.74) is 2.85. The Labute approximate surface area is 159 Å². The number of aromatic nitrogens is 1. The molecule has 0 saturated heterocycles. The quantitative estimate of drug-likeness (QED) is 0.483. The van der Waals surface area contributed by atoms with E-state index in [1.165, 1.54) is 12.8 Å². The lowest BCUT2D eigenvalue weighted by molar-refractivity contribution is -0.140. The molecule has 1 atom stereocenters. The van der Waals surface area contributed by atoms with E-state index in [-0.39, 0.29) is 0 Å². The molecule has 0 aliphatic carbocycles. The molecule has 1 aromatic carbocycles. The van der Waals surface area contributed by atoms with Gasteiger partial charge in [-0.2, -0.15) is 0 Å². The van der Waals surface area contributed by atoms with Crippen molar-refractivity contribution >= 4 is 23.3 Å². The second kappa shape index (κ2) is 10.6. The van der Waals surface area contributed by atoms with E-state index in [2.05, 4.69) is 22.0 Å². The van der Waals surface area contributed by atoms with E-state index in [9.17, 15) is 14.7 Å². The van der Waals surface area contributed by atoms with E-state index < -0.39 is 12.0 Å². The summed E-state index contributed by atoms with van der Waals surface area (Å²) in [4.78, 5) is 23.8. The number of hydrogen-bond acceptors (Lipinski definition) is 5. The number of fused-ring (bicyclic) bond motifs is 3. The number of ether oxygens (including phenoxy) is 2. The van der Waals surface area contributed by atoms with Crippen LogP contribution in [-0.4, -0.2) is 42.3 Å². The van der Waals surface area contributed by atoms with Crippen LogP contribution in [0.5, 0.6) is 5.75 Å². The Hall–Kier alpha value is -2.54. The molecule has 7 nitrogen and oxygen atoms in total. The lowest BCUT2D eigenvalue weighted by atomic mass is 9.99. The van der Waals surface area contributed by atoms with Crippen LogP contribution in [0.25, 0.3) is 10.9 Å². The first-order valence-corrected chi connectivity index (χ1v) is 9.41. The summed E-state index contributed by atoms with van der Waals surface area (Å²) in [7, 11) is 0. The molecule has 3 N–H and O–H groups in total. The third kappa shape index (κ3) is 5.47. The van der Waals surface area contributed by atoms with Crippen molar-refractivity contribution in [1.82, 2.24) is 10.3 Å². The predicted molar refractivity (Wildman–Crippen MR) is 103 cm³/mol. The van der Waals surface area contributed by atoms with Crippen LogP contribution in [0.2, 0.25) is 0 Å². The van der Waals surface area contributed by atoms with Crippen LogP contribution in [-0.2, 0) is 20.7 Å². The summed E-state index contributed by atoms with van der Waals surface area (Å²) in [6.07, 6.45) is 4.24. The third-order valence-electron chi connectivity index (χ3n) is 4.42. The van der Waals surface area contributed by atoms with Crippen LogP contribution in [0, 0.1) is 0 Å². The molecule has 2 aromatic rings. The molecule has 148 valence electrons. The highest BCUT2D eigenvalue weighted by molar-refractivity contribution is 5.89. The van der Waals surface area contributed by atoms with Gasteiger partial charge in [0.2, 0.25) is 0 Å². The molecule has 0 spiro atoms. The zero-order chi connectivity index (χ0) is 19.6. The Bertz CT molecular complexity index is 756. The van der Waals surface area contributed by atoms with Crippen molar-refractivity contribution < 1.29 is 24.2 Å². The maximum absolute atomic E-state index is 11.4. The maximum atomic E-state index is 11.4. The number of carboxylic acid groups (broad SMARTS) is 1. The van der Waals surface area contributed by atoms with Crippen LogP contribution in [0.4, 0.5) is 0 Å². The molecule has 0 bridgehead atoms. The average molecular weight is 376 g/mol. The molecular formula is C20H28N2O5. The van der Waals surface area contributed by atoms with Gasteiger partial charge in [0, 0.05) is 23.1 Å². The minimum Gasteiger partial charge on any atom is -0.494 e. The Morgan fingerprint density at radius 2 is 2.15 bits per heavy atom. The number of carboxylic acids is 1. The maximum Gasteiger partial charge on any atom is 0.326 e. The Morgan fingerprint density at radius 3 is 2.78 bits per heavy atom. The first kappa shape index (κ1) is 20.8. The summed E-state index contributed by atoms with van der Waals surface area (Å²) in [6.45, 7) is 6.24. The Kier molecular flexibility index (Phi) is 8.13. The summed E-state index contributed by atoms with van der Waals surface area (Å²) in [5, 5.41) is 13.4. The van der Waals surface area contributed by atoms with Gasteiger partial charge >= 0.3 is 5.97 Å². The number of hydrogen-bond donors (Lipinski definition) is 3. The number of unbranched alkanes of at least 4 members (excludes halogenated alkanes) is 2. The second-order valence-corrected chi connectivity index (χ2v) is 6.31. The molecule has 2 heterocycles. The number of carbonyl (C=O) groups excluding carboxylic acids is 1. The van der Waals surface area contributed by atoms with Crippen LogP contribution in [0.1, 0.15) is 50.4 Å². The van der Waals surface area contributed by atoms with Crippen LogP contribution >= 0.6 is 0 Å². The van der Waals surface area contributed by atoms with Gasteiger partial charge in [-0.3, -0.25) is 14.9 Å². The Morgan fingerprint density at radius 1 is 1.33 bits per heavy atom. The zero-order valence-corrected chi connectivity index (χ0v) is 15.9. The Balaban J connectivity index is 0.000000465. The predicted octanol–water partition coefficient (Wildman–Crippen LogP) is 3.19. The SMILES string of the molecule is CCCCCOc1ccc2[nH]c3c(c2c1)CCNC3C(=O)O.CCOC=O. The minimum atomic E-state index is -0.844. The van der Waals surface area contributed by atoms with Gasteiger partial charge in [-0.15, -0.1) is 0 Å². The summed E-state index contributed by atoms with van der Waals surface area (Å²) >= 11 is 0. The molecule has 0 radical (unpaired) electrons. The molecule has 0 amide bonds. The third-order valence-corrected chi connectivity index (χ3v) is 4.42. The summed E-state index contributed by atoms with van der Waals surface area (Å²) < 4.78 is 9.96. The van der Waals surface area contributed by atoms with Gasteiger partial charge in [-0.1, -0.05) is 19.8 Å². The van der Waals surface area contributed by atoms with E-state index in [4.69, 9.17) is 4.74 Å². The number of H-pyrrole nitrogens is 1.